The average molecular weight is 310 g/mol. The summed E-state index contributed by atoms with van der Waals surface area (Å²) in [4.78, 5) is 15.8. The fraction of sp³-hybridized carbons (Fsp3) is 0.357. The van der Waals surface area contributed by atoms with Crippen LogP contribution >= 0.6 is 0 Å². The molecule has 3 rings (SSSR count). The monoisotopic (exact) mass is 310 g/mol. The number of carbonyl (C=O) groups is 1. The van der Waals surface area contributed by atoms with Crippen LogP contribution < -0.4 is 5.32 Å². The van der Waals surface area contributed by atoms with E-state index in [2.05, 4.69) is 15.4 Å². The van der Waals surface area contributed by atoms with Gasteiger partial charge < -0.3 is 5.32 Å². The molecule has 1 aromatic heterocycles. The summed E-state index contributed by atoms with van der Waals surface area (Å²) in [5.41, 5.74) is -0.393. The summed E-state index contributed by atoms with van der Waals surface area (Å²) < 4.78 is 39.9. The smallest absolute Gasteiger partial charge is 0.324 e. The molecule has 8 heteroatoms. The predicted molar refractivity (Wildman–Crippen MR) is 72.3 cm³/mol. The summed E-state index contributed by atoms with van der Waals surface area (Å²) in [7, 11) is 0. The Labute approximate surface area is 124 Å². The van der Waals surface area contributed by atoms with E-state index in [1.54, 1.807) is 0 Å². The number of hydrogen-bond acceptors (Lipinski definition) is 3. The molecule has 0 saturated heterocycles. The van der Waals surface area contributed by atoms with E-state index >= 15 is 0 Å². The molecule has 1 saturated carbocycles. The fourth-order valence-electron chi connectivity index (χ4n) is 2.25. The maximum absolute atomic E-state index is 12.9. The molecule has 0 radical (unpaired) electrons. The van der Waals surface area contributed by atoms with Gasteiger partial charge in [0, 0.05) is 5.92 Å². The molecule has 22 heavy (non-hydrogen) atoms. The Morgan fingerprint density at radius 3 is 2.64 bits per heavy atom. The second kappa shape index (κ2) is 5.43. The van der Waals surface area contributed by atoms with Crippen molar-refractivity contribution in [3.8, 4) is 5.69 Å². The van der Waals surface area contributed by atoms with Crippen molar-refractivity contribution in [2.24, 2.45) is 5.92 Å². The number of hydrogen-bond donors (Lipinski definition) is 1. The van der Waals surface area contributed by atoms with Crippen LogP contribution in [0.5, 0.6) is 0 Å². The van der Waals surface area contributed by atoms with Gasteiger partial charge in [0.25, 0.3) is 0 Å². The zero-order valence-corrected chi connectivity index (χ0v) is 11.5. The molecule has 5 nitrogen and oxygen atoms in total. The lowest BCUT2D eigenvalue weighted by atomic mass is 9.85. The van der Waals surface area contributed by atoms with E-state index in [0.29, 0.717) is 5.69 Å². The molecule has 0 atom stereocenters. The highest BCUT2D eigenvalue weighted by molar-refractivity contribution is 5.95. The third-order valence-corrected chi connectivity index (χ3v) is 3.72. The van der Waals surface area contributed by atoms with Crippen LogP contribution in [0.2, 0.25) is 0 Å². The van der Waals surface area contributed by atoms with Gasteiger partial charge in [-0.3, -0.25) is 4.79 Å². The summed E-state index contributed by atoms with van der Waals surface area (Å²) >= 11 is 0. The maximum Gasteiger partial charge on any atom is 0.416 e. The predicted octanol–water partition coefficient (Wildman–Crippen LogP) is 3.02. The van der Waals surface area contributed by atoms with E-state index in [0.717, 1.165) is 31.4 Å². The van der Waals surface area contributed by atoms with E-state index in [-0.39, 0.29) is 17.5 Å². The van der Waals surface area contributed by atoms with Crippen LogP contribution in [0.15, 0.2) is 30.9 Å². The van der Waals surface area contributed by atoms with Crippen molar-refractivity contribution < 1.29 is 18.0 Å². The number of nitrogens with one attached hydrogen (secondary N) is 1. The first-order valence-corrected chi connectivity index (χ1v) is 6.82. The van der Waals surface area contributed by atoms with Gasteiger partial charge in [0.1, 0.15) is 12.7 Å². The maximum atomic E-state index is 12.9. The number of halogens is 3. The summed E-state index contributed by atoms with van der Waals surface area (Å²) in [5.74, 6) is -0.384. The molecular formula is C14H13F3N4O. The standard InChI is InChI=1S/C14H13F3N4O/c15-14(16,17)10-4-5-12(21-8-18-7-19-21)11(6-10)20-13(22)9-2-1-3-9/h4-9H,1-3H2,(H,20,22). The highest BCUT2D eigenvalue weighted by atomic mass is 19.4. The number of benzene rings is 1. The molecule has 1 aromatic carbocycles. The Morgan fingerprint density at radius 2 is 2.09 bits per heavy atom. The Balaban J connectivity index is 1.97. The lowest BCUT2D eigenvalue weighted by Gasteiger charge is -2.25. The van der Waals surface area contributed by atoms with E-state index < -0.39 is 11.7 Å². The zero-order chi connectivity index (χ0) is 15.7. The van der Waals surface area contributed by atoms with Crippen molar-refractivity contribution >= 4 is 11.6 Å². The highest BCUT2D eigenvalue weighted by Crippen LogP contribution is 2.34. The molecule has 1 aliphatic rings. The first-order valence-electron chi connectivity index (χ1n) is 6.82. The number of aromatic nitrogens is 3. The molecule has 1 aliphatic carbocycles. The van der Waals surface area contributed by atoms with E-state index in [1.165, 1.54) is 23.4 Å². The zero-order valence-electron chi connectivity index (χ0n) is 11.5. The number of alkyl halides is 3. The van der Waals surface area contributed by atoms with Crippen LogP contribution in [0.25, 0.3) is 5.69 Å². The van der Waals surface area contributed by atoms with Gasteiger partial charge in [-0.25, -0.2) is 9.67 Å². The molecule has 1 N–H and O–H groups in total. The average Bonchev–Trinajstić information content (AvgIpc) is 2.89. The quantitative estimate of drug-likeness (QED) is 0.948. The van der Waals surface area contributed by atoms with E-state index in [9.17, 15) is 18.0 Å². The minimum atomic E-state index is -4.48. The second-order valence-electron chi connectivity index (χ2n) is 5.19. The minimum Gasteiger partial charge on any atom is -0.324 e. The van der Waals surface area contributed by atoms with Gasteiger partial charge in [0.05, 0.1) is 16.9 Å². The summed E-state index contributed by atoms with van der Waals surface area (Å²) in [6.07, 6.45) is 0.664. The summed E-state index contributed by atoms with van der Waals surface area (Å²) in [6, 6.07) is 3.15. The Kier molecular flexibility index (Phi) is 3.59. The van der Waals surface area contributed by atoms with Gasteiger partial charge in [-0.1, -0.05) is 6.42 Å². The van der Waals surface area contributed by atoms with E-state index in [4.69, 9.17) is 0 Å². The third-order valence-electron chi connectivity index (χ3n) is 3.72. The molecule has 2 aromatic rings. The van der Waals surface area contributed by atoms with Crippen LogP contribution in [0.3, 0.4) is 0 Å². The highest BCUT2D eigenvalue weighted by Gasteiger charge is 2.32. The summed E-state index contributed by atoms with van der Waals surface area (Å²) in [5, 5.41) is 6.48. The number of rotatable bonds is 3. The lowest BCUT2D eigenvalue weighted by Crippen LogP contribution is -2.28. The molecule has 1 amide bonds. The van der Waals surface area contributed by atoms with E-state index in [1.807, 2.05) is 0 Å². The van der Waals surface area contributed by atoms with Crippen molar-refractivity contribution in [3.05, 3.63) is 36.4 Å². The molecule has 0 spiro atoms. The van der Waals surface area contributed by atoms with Gasteiger partial charge in [0.15, 0.2) is 0 Å². The van der Waals surface area contributed by atoms with Crippen LogP contribution in [-0.4, -0.2) is 20.7 Å². The van der Waals surface area contributed by atoms with Crippen molar-refractivity contribution in [3.63, 3.8) is 0 Å². The Morgan fingerprint density at radius 1 is 1.32 bits per heavy atom. The number of amides is 1. The van der Waals surface area contributed by atoms with Gasteiger partial charge in [-0.15, -0.1) is 0 Å². The largest absolute Gasteiger partial charge is 0.416 e. The molecule has 0 aliphatic heterocycles. The van der Waals surface area contributed by atoms with Gasteiger partial charge in [-0.05, 0) is 31.0 Å². The van der Waals surface area contributed by atoms with Crippen LogP contribution in [0.4, 0.5) is 18.9 Å². The SMILES string of the molecule is O=C(Nc1cc(C(F)(F)F)ccc1-n1cncn1)C1CCC1. The molecule has 116 valence electrons. The van der Waals surface area contributed by atoms with Crippen molar-refractivity contribution in [2.75, 3.05) is 5.32 Å². The first-order chi connectivity index (χ1) is 10.4. The van der Waals surface area contributed by atoms with Gasteiger partial charge in [-0.2, -0.15) is 18.3 Å². The lowest BCUT2D eigenvalue weighted by molar-refractivity contribution is -0.137. The first kappa shape index (κ1) is 14.6. The van der Waals surface area contributed by atoms with Gasteiger partial charge in [0.2, 0.25) is 5.91 Å². The van der Waals surface area contributed by atoms with Crippen molar-refractivity contribution in [1.29, 1.82) is 0 Å². The normalized spacial score (nSPS) is 15.4. The number of anilines is 1. The van der Waals surface area contributed by atoms with Crippen LogP contribution in [0.1, 0.15) is 24.8 Å². The number of carbonyl (C=O) groups excluding carboxylic acids is 1. The third kappa shape index (κ3) is 2.81. The minimum absolute atomic E-state index is 0.0808. The molecule has 0 bridgehead atoms. The molecular weight excluding hydrogens is 297 g/mol. The topological polar surface area (TPSA) is 59.8 Å². The Bertz CT molecular complexity index is 678. The molecule has 1 fully saturated rings. The van der Waals surface area contributed by atoms with Gasteiger partial charge >= 0.3 is 6.18 Å². The van der Waals surface area contributed by atoms with Crippen LogP contribution in [0, 0.1) is 5.92 Å². The van der Waals surface area contributed by atoms with Crippen molar-refractivity contribution in [1.82, 2.24) is 14.8 Å². The fourth-order valence-corrected chi connectivity index (χ4v) is 2.25. The van der Waals surface area contributed by atoms with Crippen LogP contribution in [-0.2, 0) is 11.0 Å². The van der Waals surface area contributed by atoms with Crippen molar-refractivity contribution in [2.45, 2.75) is 25.4 Å². The molecule has 0 unspecified atom stereocenters. The second-order valence-corrected chi connectivity index (χ2v) is 5.19. The Hall–Kier alpha value is -2.38. The number of nitrogens with zero attached hydrogens (tertiary/aromatic N) is 3. The molecule has 1 heterocycles. The summed E-state index contributed by atoms with van der Waals surface area (Å²) in [6.45, 7) is 0.